The van der Waals surface area contributed by atoms with Gasteiger partial charge in [-0.3, -0.25) is 9.59 Å². The fourth-order valence-electron chi connectivity index (χ4n) is 2.87. The number of aliphatic carboxylic acids is 1. The van der Waals surface area contributed by atoms with Crippen LogP contribution in [0.1, 0.15) is 39.5 Å². The summed E-state index contributed by atoms with van der Waals surface area (Å²) in [6.07, 6.45) is 3.00. The van der Waals surface area contributed by atoms with Gasteiger partial charge in [0.05, 0.1) is 18.4 Å². The number of nitrogens with one attached hydrogen (secondary N) is 1. The molecule has 126 valence electrons. The van der Waals surface area contributed by atoms with Crippen molar-refractivity contribution in [1.29, 1.82) is 0 Å². The van der Waals surface area contributed by atoms with Crippen molar-refractivity contribution in [1.82, 2.24) is 0 Å². The highest BCUT2D eigenvalue weighted by atomic mass is 16.5. The number of hydrogen-bond acceptors (Lipinski definition) is 3. The summed E-state index contributed by atoms with van der Waals surface area (Å²) >= 11 is 0. The Morgan fingerprint density at radius 1 is 1.17 bits per heavy atom. The molecule has 0 spiro atoms. The third kappa shape index (κ3) is 4.98. The van der Waals surface area contributed by atoms with Crippen molar-refractivity contribution in [3.05, 3.63) is 24.3 Å². The van der Waals surface area contributed by atoms with Gasteiger partial charge in [0.15, 0.2) is 0 Å². The summed E-state index contributed by atoms with van der Waals surface area (Å²) in [7, 11) is 0. The number of hydrogen-bond donors (Lipinski definition) is 2. The minimum Gasteiger partial charge on any atom is -0.493 e. The number of carbonyl (C=O) groups excluding carboxylic acids is 1. The standard InChI is InChI=1S/C18H25NO4/c1-12(2)11-23-14-9-7-13(8-10-14)19-17(20)15-5-3-4-6-16(15)18(21)22/h7-10,12,15-16H,3-6,11H2,1-2H3,(H,19,20)(H,21,22). The third-order valence-electron chi connectivity index (χ3n) is 4.13. The molecule has 1 aliphatic carbocycles. The highest BCUT2D eigenvalue weighted by molar-refractivity contribution is 5.95. The van der Waals surface area contributed by atoms with Crippen molar-refractivity contribution >= 4 is 17.6 Å². The van der Waals surface area contributed by atoms with E-state index in [2.05, 4.69) is 19.2 Å². The van der Waals surface area contributed by atoms with E-state index in [-0.39, 0.29) is 5.91 Å². The van der Waals surface area contributed by atoms with Gasteiger partial charge in [-0.05, 0) is 43.0 Å². The molecule has 0 bridgehead atoms. The second kappa shape index (κ2) is 7.99. The molecule has 5 nitrogen and oxygen atoms in total. The molecular weight excluding hydrogens is 294 g/mol. The molecule has 5 heteroatoms. The summed E-state index contributed by atoms with van der Waals surface area (Å²) in [5, 5.41) is 12.1. The first-order chi connectivity index (χ1) is 11.0. The predicted molar refractivity (Wildman–Crippen MR) is 88.5 cm³/mol. The number of ether oxygens (including phenoxy) is 1. The molecule has 0 saturated heterocycles. The predicted octanol–water partition coefficient (Wildman–Crippen LogP) is 3.55. The summed E-state index contributed by atoms with van der Waals surface area (Å²) in [4.78, 5) is 23.7. The quantitative estimate of drug-likeness (QED) is 0.841. The zero-order chi connectivity index (χ0) is 16.8. The fourth-order valence-corrected chi connectivity index (χ4v) is 2.87. The highest BCUT2D eigenvalue weighted by Crippen LogP contribution is 2.31. The third-order valence-corrected chi connectivity index (χ3v) is 4.13. The Morgan fingerprint density at radius 2 is 1.78 bits per heavy atom. The van der Waals surface area contributed by atoms with Gasteiger partial charge in [-0.25, -0.2) is 0 Å². The van der Waals surface area contributed by atoms with Crippen LogP contribution in [0.15, 0.2) is 24.3 Å². The summed E-state index contributed by atoms with van der Waals surface area (Å²) in [6, 6.07) is 7.19. The number of amides is 1. The molecule has 1 aromatic rings. The summed E-state index contributed by atoms with van der Waals surface area (Å²) < 4.78 is 5.60. The summed E-state index contributed by atoms with van der Waals surface area (Å²) in [6.45, 7) is 4.81. The lowest BCUT2D eigenvalue weighted by atomic mass is 9.78. The van der Waals surface area contributed by atoms with Gasteiger partial charge in [0.2, 0.25) is 5.91 Å². The monoisotopic (exact) mass is 319 g/mol. The van der Waals surface area contributed by atoms with Crippen LogP contribution in [-0.4, -0.2) is 23.6 Å². The van der Waals surface area contributed by atoms with Crippen LogP contribution in [0.25, 0.3) is 0 Å². The first kappa shape index (κ1) is 17.3. The van der Waals surface area contributed by atoms with Crippen molar-refractivity contribution in [3.8, 4) is 5.75 Å². The maximum absolute atomic E-state index is 12.4. The number of rotatable bonds is 6. The van der Waals surface area contributed by atoms with Crippen molar-refractivity contribution in [2.75, 3.05) is 11.9 Å². The Morgan fingerprint density at radius 3 is 2.35 bits per heavy atom. The molecule has 1 saturated carbocycles. The van der Waals surface area contributed by atoms with E-state index >= 15 is 0 Å². The smallest absolute Gasteiger partial charge is 0.307 e. The lowest BCUT2D eigenvalue weighted by Gasteiger charge is -2.27. The zero-order valence-electron chi connectivity index (χ0n) is 13.7. The Bertz CT molecular complexity index is 538. The molecule has 2 N–H and O–H groups in total. The van der Waals surface area contributed by atoms with Crippen LogP contribution in [0, 0.1) is 17.8 Å². The average molecular weight is 319 g/mol. The van der Waals surface area contributed by atoms with Crippen LogP contribution in [0.2, 0.25) is 0 Å². The Labute approximate surface area is 137 Å². The van der Waals surface area contributed by atoms with Crippen molar-refractivity contribution in [2.45, 2.75) is 39.5 Å². The molecule has 2 rings (SSSR count). The lowest BCUT2D eigenvalue weighted by Crippen LogP contribution is -2.36. The first-order valence-corrected chi connectivity index (χ1v) is 8.24. The van der Waals surface area contributed by atoms with Crippen LogP contribution < -0.4 is 10.1 Å². The number of carbonyl (C=O) groups is 2. The van der Waals surface area contributed by atoms with Crippen LogP contribution >= 0.6 is 0 Å². The van der Waals surface area contributed by atoms with Gasteiger partial charge in [0.25, 0.3) is 0 Å². The van der Waals surface area contributed by atoms with Crippen LogP contribution in [0.4, 0.5) is 5.69 Å². The van der Waals surface area contributed by atoms with E-state index in [1.807, 2.05) is 12.1 Å². The molecule has 2 atom stereocenters. The van der Waals surface area contributed by atoms with Crippen molar-refractivity contribution < 1.29 is 19.4 Å². The number of anilines is 1. The molecule has 0 aliphatic heterocycles. The van der Waals surface area contributed by atoms with E-state index in [1.165, 1.54) is 0 Å². The molecule has 1 aliphatic rings. The normalized spacial score (nSPS) is 21.0. The van der Waals surface area contributed by atoms with E-state index in [1.54, 1.807) is 12.1 Å². The molecule has 0 aromatic heterocycles. The Kier molecular flexibility index (Phi) is 6.02. The second-order valence-electron chi connectivity index (χ2n) is 6.55. The van der Waals surface area contributed by atoms with Crippen LogP contribution in [0.3, 0.4) is 0 Å². The van der Waals surface area contributed by atoms with Gasteiger partial charge in [0.1, 0.15) is 5.75 Å². The van der Waals surface area contributed by atoms with E-state index in [0.717, 1.165) is 18.6 Å². The average Bonchev–Trinajstić information content (AvgIpc) is 2.54. The molecule has 1 amide bonds. The molecule has 0 radical (unpaired) electrons. The van der Waals surface area contributed by atoms with E-state index in [9.17, 15) is 14.7 Å². The Balaban J connectivity index is 1.95. The molecular formula is C18H25NO4. The first-order valence-electron chi connectivity index (χ1n) is 8.24. The summed E-state index contributed by atoms with van der Waals surface area (Å²) in [5.74, 6) is -0.878. The maximum atomic E-state index is 12.4. The highest BCUT2D eigenvalue weighted by Gasteiger charge is 2.35. The summed E-state index contributed by atoms with van der Waals surface area (Å²) in [5.41, 5.74) is 0.668. The second-order valence-corrected chi connectivity index (χ2v) is 6.55. The maximum Gasteiger partial charge on any atom is 0.307 e. The van der Waals surface area contributed by atoms with Crippen molar-refractivity contribution in [2.24, 2.45) is 17.8 Å². The molecule has 23 heavy (non-hydrogen) atoms. The fraction of sp³-hybridized carbons (Fsp3) is 0.556. The molecule has 2 unspecified atom stereocenters. The topological polar surface area (TPSA) is 75.6 Å². The van der Waals surface area contributed by atoms with E-state index in [4.69, 9.17) is 4.74 Å². The number of carboxylic acids is 1. The van der Waals surface area contributed by atoms with Gasteiger partial charge < -0.3 is 15.2 Å². The van der Waals surface area contributed by atoms with Gasteiger partial charge in [0, 0.05) is 5.69 Å². The van der Waals surface area contributed by atoms with Gasteiger partial charge in [-0.15, -0.1) is 0 Å². The largest absolute Gasteiger partial charge is 0.493 e. The minimum absolute atomic E-state index is 0.201. The molecule has 0 heterocycles. The van der Waals surface area contributed by atoms with Crippen molar-refractivity contribution in [3.63, 3.8) is 0 Å². The van der Waals surface area contributed by atoms with E-state index in [0.29, 0.717) is 31.1 Å². The van der Waals surface area contributed by atoms with Crippen LogP contribution in [0.5, 0.6) is 5.75 Å². The number of benzene rings is 1. The van der Waals surface area contributed by atoms with Gasteiger partial charge in [-0.2, -0.15) is 0 Å². The minimum atomic E-state index is -0.873. The zero-order valence-corrected chi connectivity index (χ0v) is 13.7. The van der Waals surface area contributed by atoms with Gasteiger partial charge >= 0.3 is 5.97 Å². The molecule has 1 fully saturated rings. The molecule has 1 aromatic carbocycles. The van der Waals surface area contributed by atoms with E-state index < -0.39 is 17.8 Å². The Hall–Kier alpha value is -2.04. The number of carboxylic acid groups (broad SMARTS) is 1. The lowest BCUT2D eigenvalue weighted by molar-refractivity contribution is -0.147. The van der Waals surface area contributed by atoms with Gasteiger partial charge in [-0.1, -0.05) is 26.7 Å². The SMILES string of the molecule is CC(C)COc1ccc(NC(=O)C2CCCCC2C(=O)O)cc1. The van der Waals surface area contributed by atoms with Crippen LogP contribution in [-0.2, 0) is 9.59 Å².